The van der Waals surface area contributed by atoms with Crippen LogP contribution in [0.5, 0.6) is 0 Å². The molecule has 0 amide bonds. The number of nitrogens with zero attached hydrogens (tertiary/aromatic N) is 1. The zero-order valence-corrected chi connectivity index (χ0v) is 8.42. The van der Waals surface area contributed by atoms with Crippen molar-refractivity contribution in [1.82, 2.24) is 0 Å². The minimum Gasteiger partial charge on any atom is -0.374 e. The van der Waals surface area contributed by atoms with Gasteiger partial charge in [-0.3, -0.25) is 0 Å². The molecule has 1 aliphatic rings. The first-order chi connectivity index (χ1) is 6.29. The van der Waals surface area contributed by atoms with Crippen LogP contribution in [0, 0.1) is 0 Å². The molecular weight excluding hydrogens is 182 g/mol. The van der Waals surface area contributed by atoms with E-state index in [0.29, 0.717) is 0 Å². The van der Waals surface area contributed by atoms with Gasteiger partial charge in [0.1, 0.15) is 6.23 Å². The van der Waals surface area contributed by atoms with Crippen molar-refractivity contribution in [2.24, 2.45) is 0 Å². The highest BCUT2D eigenvalue weighted by atomic mass is 32.2. The predicted octanol–water partition coefficient (Wildman–Crippen LogP) is 1.94. The van der Waals surface area contributed by atoms with Crippen LogP contribution in [-0.4, -0.2) is 23.6 Å². The minimum absolute atomic E-state index is 0.387. The van der Waals surface area contributed by atoms with Crippen LogP contribution < -0.4 is 4.90 Å². The van der Waals surface area contributed by atoms with Crippen molar-refractivity contribution in [3.8, 4) is 0 Å². The standard InChI is InChI=1S/C10H13NOS/c1-8(12)11-6-7-13-10-5-3-2-4-9(10)11/h2-5,8,12H,6-7H2,1H3. The maximum absolute atomic E-state index is 9.54. The molecule has 1 heterocycles. The van der Waals surface area contributed by atoms with Gasteiger partial charge in [-0.15, -0.1) is 11.8 Å². The molecular formula is C10H13NOS. The number of rotatable bonds is 1. The largest absolute Gasteiger partial charge is 0.374 e. The number of para-hydroxylation sites is 1. The Hall–Kier alpha value is -0.670. The Morgan fingerprint density at radius 3 is 3.00 bits per heavy atom. The number of anilines is 1. The van der Waals surface area contributed by atoms with Crippen LogP contribution in [-0.2, 0) is 0 Å². The molecule has 1 aromatic carbocycles. The maximum atomic E-state index is 9.54. The van der Waals surface area contributed by atoms with E-state index >= 15 is 0 Å². The topological polar surface area (TPSA) is 23.5 Å². The first-order valence-corrected chi connectivity index (χ1v) is 5.44. The Morgan fingerprint density at radius 1 is 1.46 bits per heavy atom. The second-order valence-electron chi connectivity index (χ2n) is 3.14. The average molecular weight is 195 g/mol. The van der Waals surface area contributed by atoms with Crippen LogP contribution in [0.4, 0.5) is 5.69 Å². The molecule has 1 aliphatic heterocycles. The lowest BCUT2D eigenvalue weighted by molar-refractivity contribution is 0.189. The van der Waals surface area contributed by atoms with Crippen molar-refractivity contribution in [2.75, 3.05) is 17.2 Å². The number of benzene rings is 1. The molecule has 70 valence electrons. The summed E-state index contributed by atoms with van der Waals surface area (Å²) in [6, 6.07) is 8.22. The van der Waals surface area contributed by atoms with Crippen LogP contribution in [0.15, 0.2) is 29.2 Å². The summed E-state index contributed by atoms with van der Waals surface area (Å²) in [5, 5.41) is 9.54. The van der Waals surface area contributed by atoms with Gasteiger partial charge in [-0.1, -0.05) is 12.1 Å². The Balaban J connectivity index is 2.37. The van der Waals surface area contributed by atoms with E-state index in [1.807, 2.05) is 35.7 Å². The van der Waals surface area contributed by atoms with E-state index in [9.17, 15) is 5.11 Å². The number of fused-ring (bicyclic) bond motifs is 1. The zero-order chi connectivity index (χ0) is 9.26. The number of aliphatic hydroxyl groups is 1. The highest BCUT2D eigenvalue weighted by molar-refractivity contribution is 7.99. The molecule has 0 saturated heterocycles. The fraction of sp³-hybridized carbons (Fsp3) is 0.400. The van der Waals surface area contributed by atoms with Crippen LogP contribution in [0.25, 0.3) is 0 Å². The number of thioether (sulfide) groups is 1. The third kappa shape index (κ3) is 1.67. The van der Waals surface area contributed by atoms with Crippen molar-refractivity contribution in [2.45, 2.75) is 18.0 Å². The van der Waals surface area contributed by atoms with Gasteiger partial charge in [0.05, 0.1) is 5.69 Å². The first kappa shape index (κ1) is 8.91. The highest BCUT2D eigenvalue weighted by Gasteiger charge is 2.19. The molecule has 0 fully saturated rings. The smallest absolute Gasteiger partial charge is 0.124 e. The molecule has 0 aliphatic carbocycles. The van der Waals surface area contributed by atoms with Crippen LogP contribution in [0.1, 0.15) is 6.92 Å². The Kier molecular flexibility index (Phi) is 2.47. The van der Waals surface area contributed by atoms with E-state index in [2.05, 4.69) is 12.1 Å². The van der Waals surface area contributed by atoms with Gasteiger partial charge in [0.25, 0.3) is 0 Å². The molecule has 1 unspecified atom stereocenters. The lowest BCUT2D eigenvalue weighted by Crippen LogP contribution is -2.36. The van der Waals surface area contributed by atoms with Crippen molar-refractivity contribution in [3.63, 3.8) is 0 Å². The van der Waals surface area contributed by atoms with Gasteiger partial charge in [0, 0.05) is 17.2 Å². The van der Waals surface area contributed by atoms with Crippen LogP contribution in [0.3, 0.4) is 0 Å². The fourth-order valence-electron chi connectivity index (χ4n) is 1.58. The monoisotopic (exact) mass is 195 g/mol. The molecule has 3 heteroatoms. The maximum Gasteiger partial charge on any atom is 0.124 e. The van der Waals surface area contributed by atoms with E-state index in [0.717, 1.165) is 18.0 Å². The highest BCUT2D eigenvalue weighted by Crippen LogP contribution is 2.34. The summed E-state index contributed by atoms with van der Waals surface area (Å²) in [6.45, 7) is 2.74. The van der Waals surface area contributed by atoms with Crippen LogP contribution >= 0.6 is 11.8 Å². The van der Waals surface area contributed by atoms with Gasteiger partial charge in [-0.05, 0) is 19.1 Å². The quantitative estimate of drug-likeness (QED) is 0.740. The van der Waals surface area contributed by atoms with E-state index in [1.165, 1.54) is 4.90 Å². The molecule has 0 saturated carbocycles. The molecule has 13 heavy (non-hydrogen) atoms. The molecule has 0 bridgehead atoms. The van der Waals surface area contributed by atoms with Crippen LogP contribution in [0.2, 0.25) is 0 Å². The summed E-state index contributed by atoms with van der Waals surface area (Å²) >= 11 is 1.86. The summed E-state index contributed by atoms with van der Waals surface area (Å²) in [4.78, 5) is 3.31. The summed E-state index contributed by atoms with van der Waals surface area (Å²) in [7, 11) is 0. The molecule has 1 aromatic rings. The SMILES string of the molecule is CC(O)N1CCSc2ccccc21. The molecule has 1 N–H and O–H groups in total. The number of hydrogen-bond acceptors (Lipinski definition) is 3. The molecule has 1 atom stereocenters. The normalized spacial score (nSPS) is 18.2. The summed E-state index contributed by atoms with van der Waals surface area (Å²) in [6.07, 6.45) is -0.387. The van der Waals surface area contributed by atoms with Crippen molar-refractivity contribution < 1.29 is 5.11 Å². The molecule has 2 nitrogen and oxygen atoms in total. The number of aliphatic hydroxyl groups excluding tert-OH is 1. The predicted molar refractivity (Wildman–Crippen MR) is 56.2 cm³/mol. The van der Waals surface area contributed by atoms with Gasteiger partial charge in [0.2, 0.25) is 0 Å². The minimum atomic E-state index is -0.387. The van der Waals surface area contributed by atoms with Gasteiger partial charge in [-0.25, -0.2) is 0 Å². The van der Waals surface area contributed by atoms with Crippen molar-refractivity contribution in [3.05, 3.63) is 24.3 Å². The second-order valence-corrected chi connectivity index (χ2v) is 4.28. The Labute approximate surface area is 82.6 Å². The first-order valence-electron chi connectivity index (χ1n) is 4.45. The third-order valence-corrected chi connectivity index (χ3v) is 3.26. The van der Waals surface area contributed by atoms with Gasteiger partial charge in [0.15, 0.2) is 0 Å². The molecule has 0 radical (unpaired) electrons. The third-order valence-electron chi connectivity index (χ3n) is 2.22. The van der Waals surface area contributed by atoms with E-state index < -0.39 is 0 Å². The Morgan fingerprint density at radius 2 is 2.23 bits per heavy atom. The molecule has 0 aromatic heterocycles. The summed E-state index contributed by atoms with van der Waals surface area (Å²) < 4.78 is 0. The molecule has 2 rings (SSSR count). The lowest BCUT2D eigenvalue weighted by atomic mass is 10.2. The van der Waals surface area contributed by atoms with Gasteiger partial charge < -0.3 is 10.0 Å². The van der Waals surface area contributed by atoms with E-state index in [1.54, 1.807) is 0 Å². The van der Waals surface area contributed by atoms with E-state index in [4.69, 9.17) is 0 Å². The van der Waals surface area contributed by atoms with Gasteiger partial charge >= 0.3 is 0 Å². The van der Waals surface area contributed by atoms with Gasteiger partial charge in [-0.2, -0.15) is 0 Å². The zero-order valence-electron chi connectivity index (χ0n) is 7.60. The van der Waals surface area contributed by atoms with Crippen molar-refractivity contribution >= 4 is 17.4 Å². The van der Waals surface area contributed by atoms with Crippen molar-refractivity contribution in [1.29, 1.82) is 0 Å². The molecule has 0 spiro atoms. The second kappa shape index (κ2) is 3.60. The van der Waals surface area contributed by atoms with E-state index in [-0.39, 0.29) is 6.23 Å². The summed E-state index contributed by atoms with van der Waals surface area (Å²) in [5.74, 6) is 1.06. The summed E-state index contributed by atoms with van der Waals surface area (Å²) in [5.41, 5.74) is 1.16. The fourth-order valence-corrected chi connectivity index (χ4v) is 2.59. The average Bonchev–Trinajstić information content (AvgIpc) is 2.17. The lowest BCUT2D eigenvalue weighted by Gasteiger charge is -2.32. The number of hydrogen-bond donors (Lipinski definition) is 1. The Bertz CT molecular complexity index is 301.